The minimum atomic E-state index is -1.44. The van der Waals surface area contributed by atoms with E-state index >= 15 is 0 Å². The predicted molar refractivity (Wildman–Crippen MR) is 56.9 cm³/mol. The Morgan fingerprint density at radius 1 is 1.59 bits per heavy atom. The zero-order valence-electron chi connectivity index (χ0n) is 8.99. The van der Waals surface area contributed by atoms with E-state index in [-0.39, 0.29) is 11.3 Å². The molecule has 0 bridgehead atoms. The number of nitro groups is 1. The molecule has 1 atom stereocenters. The molecule has 0 spiro atoms. The summed E-state index contributed by atoms with van der Waals surface area (Å²) in [5, 5.41) is 28.9. The van der Waals surface area contributed by atoms with Crippen LogP contribution in [0.25, 0.3) is 0 Å². The molecule has 0 aliphatic carbocycles. The number of carboxylic acids is 1. The third kappa shape index (κ3) is 3.15. The summed E-state index contributed by atoms with van der Waals surface area (Å²) in [7, 11) is 1.37. The maximum absolute atomic E-state index is 10.7. The fourth-order valence-electron chi connectivity index (χ4n) is 1.37. The van der Waals surface area contributed by atoms with Crippen molar-refractivity contribution in [1.82, 2.24) is 0 Å². The first kappa shape index (κ1) is 12.9. The number of ether oxygens (including phenoxy) is 1. The summed E-state index contributed by atoms with van der Waals surface area (Å²) in [4.78, 5) is 20.5. The number of aliphatic hydroxyl groups is 1. The molecular weight excluding hydrogens is 230 g/mol. The molecule has 0 unspecified atom stereocenters. The van der Waals surface area contributed by atoms with Crippen LogP contribution in [0, 0.1) is 10.1 Å². The average molecular weight is 241 g/mol. The van der Waals surface area contributed by atoms with Gasteiger partial charge in [0.05, 0.1) is 30.1 Å². The van der Waals surface area contributed by atoms with Gasteiger partial charge >= 0.3 is 5.97 Å². The normalized spacial score (nSPS) is 11.9. The first-order valence-electron chi connectivity index (χ1n) is 4.68. The van der Waals surface area contributed by atoms with E-state index in [0.29, 0.717) is 5.75 Å². The van der Waals surface area contributed by atoms with E-state index in [9.17, 15) is 20.0 Å². The molecular formula is C10H11NO6. The number of aliphatic carboxylic acids is 1. The number of nitro benzene ring substituents is 1. The largest absolute Gasteiger partial charge is 0.497 e. The molecule has 0 amide bonds. The fourth-order valence-corrected chi connectivity index (χ4v) is 1.37. The van der Waals surface area contributed by atoms with Crippen molar-refractivity contribution >= 4 is 11.7 Å². The topological polar surface area (TPSA) is 110 Å². The van der Waals surface area contributed by atoms with Gasteiger partial charge in [-0.05, 0) is 12.1 Å². The van der Waals surface area contributed by atoms with Crippen LogP contribution in [0.15, 0.2) is 18.2 Å². The molecule has 7 nitrogen and oxygen atoms in total. The van der Waals surface area contributed by atoms with Crippen LogP contribution in [0.4, 0.5) is 5.69 Å². The molecule has 0 aromatic heterocycles. The fraction of sp³-hybridized carbons (Fsp3) is 0.300. The van der Waals surface area contributed by atoms with Gasteiger partial charge in [0.2, 0.25) is 0 Å². The van der Waals surface area contributed by atoms with Gasteiger partial charge in [-0.25, -0.2) is 0 Å². The van der Waals surface area contributed by atoms with Crippen LogP contribution in [0.5, 0.6) is 5.75 Å². The van der Waals surface area contributed by atoms with Gasteiger partial charge in [0.15, 0.2) is 0 Å². The highest BCUT2D eigenvalue weighted by molar-refractivity contribution is 5.68. The highest BCUT2D eigenvalue weighted by Gasteiger charge is 2.23. The molecule has 0 fully saturated rings. The van der Waals surface area contributed by atoms with Crippen molar-refractivity contribution in [1.29, 1.82) is 0 Å². The van der Waals surface area contributed by atoms with Gasteiger partial charge in [-0.2, -0.15) is 0 Å². The van der Waals surface area contributed by atoms with Crippen molar-refractivity contribution in [2.75, 3.05) is 7.11 Å². The van der Waals surface area contributed by atoms with E-state index in [1.165, 1.54) is 25.3 Å². The summed E-state index contributed by atoms with van der Waals surface area (Å²) >= 11 is 0. The second-order valence-electron chi connectivity index (χ2n) is 3.30. The number of carboxylic acid groups (broad SMARTS) is 1. The van der Waals surface area contributed by atoms with Crippen molar-refractivity contribution in [2.24, 2.45) is 0 Å². The van der Waals surface area contributed by atoms with Gasteiger partial charge in [-0.1, -0.05) is 0 Å². The van der Waals surface area contributed by atoms with Crippen LogP contribution in [0.3, 0.4) is 0 Å². The number of hydrogen-bond acceptors (Lipinski definition) is 5. The Kier molecular flexibility index (Phi) is 4.00. The number of methoxy groups -OCH3 is 1. The monoisotopic (exact) mass is 241 g/mol. The van der Waals surface area contributed by atoms with Gasteiger partial charge in [-0.3, -0.25) is 14.9 Å². The molecule has 1 aromatic carbocycles. The van der Waals surface area contributed by atoms with Crippen molar-refractivity contribution in [3.63, 3.8) is 0 Å². The molecule has 92 valence electrons. The molecule has 1 rings (SSSR count). The highest BCUT2D eigenvalue weighted by Crippen LogP contribution is 2.30. The lowest BCUT2D eigenvalue weighted by molar-refractivity contribution is -0.386. The maximum atomic E-state index is 10.7. The number of hydrogen-bond donors (Lipinski definition) is 2. The zero-order chi connectivity index (χ0) is 13.0. The summed E-state index contributed by atoms with van der Waals surface area (Å²) in [5.74, 6) is -0.926. The van der Waals surface area contributed by atoms with Crippen LogP contribution in [0.1, 0.15) is 18.1 Å². The minimum absolute atomic E-state index is 0.0725. The van der Waals surface area contributed by atoms with Crippen molar-refractivity contribution in [2.45, 2.75) is 12.5 Å². The van der Waals surface area contributed by atoms with Crippen LogP contribution in [-0.4, -0.2) is 28.2 Å². The summed E-state index contributed by atoms with van der Waals surface area (Å²) in [6.07, 6.45) is -2.04. The number of rotatable bonds is 5. The Morgan fingerprint density at radius 3 is 2.71 bits per heavy atom. The lowest BCUT2D eigenvalue weighted by Gasteiger charge is -2.10. The van der Waals surface area contributed by atoms with Gasteiger partial charge in [0.25, 0.3) is 5.69 Å². The summed E-state index contributed by atoms with van der Waals surface area (Å²) < 4.78 is 4.86. The van der Waals surface area contributed by atoms with Gasteiger partial charge < -0.3 is 14.9 Å². The Balaban J connectivity index is 3.16. The van der Waals surface area contributed by atoms with E-state index in [1.807, 2.05) is 0 Å². The predicted octanol–water partition coefficient (Wildman–Crippen LogP) is 1.11. The van der Waals surface area contributed by atoms with E-state index < -0.39 is 23.4 Å². The minimum Gasteiger partial charge on any atom is -0.497 e. The van der Waals surface area contributed by atoms with E-state index in [0.717, 1.165) is 0 Å². The molecule has 7 heteroatoms. The zero-order valence-corrected chi connectivity index (χ0v) is 8.99. The SMILES string of the molecule is COc1ccc([N+](=O)[O-])c([C@@H](O)CC(=O)O)c1. The standard InChI is InChI=1S/C10H11NO6/c1-17-6-2-3-8(11(15)16)7(4-6)9(12)5-10(13)14/h2-4,9,12H,5H2,1H3,(H,13,14)/t9-/m0/s1. The van der Waals surface area contributed by atoms with Gasteiger partial charge in [0.1, 0.15) is 5.75 Å². The quantitative estimate of drug-likeness (QED) is 0.590. The molecule has 0 radical (unpaired) electrons. The summed E-state index contributed by atoms with van der Waals surface area (Å²) in [5.41, 5.74) is -0.406. The van der Waals surface area contributed by atoms with E-state index in [4.69, 9.17) is 9.84 Å². The van der Waals surface area contributed by atoms with Crippen LogP contribution in [-0.2, 0) is 4.79 Å². The highest BCUT2D eigenvalue weighted by atomic mass is 16.6. The third-order valence-electron chi connectivity index (χ3n) is 2.16. The Labute approximate surface area is 96.4 Å². The van der Waals surface area contributed by atoms with E-state index in [1.54, 1.807) is 0 Å². The molecule has 17 heavy (non-hydrogen) atoms. The third-order valence-corrected chi connectivity index (χ3v) is 2.16. The molecule has 0 saturated carbocycles. The molecule has 2 N–H and O–H groups in total. The van der Waals surface area contributed by atoms with Gasteiger partial charge in [-0.15, -0.1) is 0 Å². The van der Waals surface area contributed by atoms with E-state index in [2.05, 4.69) is 0 Å². The second-order valence-corrected chi connectivity index (χ2v) is 3.30. The molecule has 0 aliphatic rings. The second kappa shape index (κ2) is 5.26. The number of carbonyl (C=O) groups is 1. The Morgan fingerprint density at radius 2 is 2.24 bits per heavy atom. The average Bonchev–Trinajstić information content (AvgIpc) is 2.27. The van der Waals surface area contributed by atoms with Crippen LogP contribution in [0.2, 0.25) is 0 Å². The molecule has 0 heterocycles. The first-order valence-corrected chi connectivity index (χ1v) is 4.68. The van der Waals surface area contributed by atoms with Crippen molar-refractivity contribution < 1.29 is 24.7 Å². The Bertz CT molecular complexity index is 444. The molecule has 0 saturated heterocycles. The Hall–Kier alpha value is -2.15. The summed E-state index contributed by atoms with van der Waals surface area (Å²) in [6, 6.07) is 3.79. The smallest absolute Gasteiger partial charge is 0.306 e. The summed E-state index contributed by atoms with van der Waals surface area (Å²) in [6.45, 7) is 0. The first-order chi connectivity index (χ1) is 7.95. The lowest BCUT2D eigenvalue weighted by Crippen LogP contribution is -2.08. The van der Waals surface area contributed by atoms with Crippen LogP contribution >= 0.6 is 0 Å². The molecule has 1 aromatic rings. The number of aliphatic hydroxyl groups excluding tert-OH is 1. The lowest BCUT2D eigenvalue weighted by atomic mass is 10.0. The van der Waals surface area contributed by atoms with Crippen molar-refractivity contribution in [3.05, 3.63) is 33.9 Å². The van der Waals surface area contributed by atoms with Crippen LogP contribution < -0.4 is 4.74 Å². The van der Waals surface area contributed by atoms with Gasteiger partial charge in [0, 0.05) is 6.07 Å². The number of nitrogens with zero attached hydrogens (tertiary/aromatic N) is 1. The molecule has 0 aliphatic heterocycles. The van der Waals surface area contributed by atoms with Crippen molar-refractivity contribution in [3.8, 4) is 5.75 Å². The maximum Gasteiger partial charge on any atom is 0.306 e. The number of benzene rings is 1.